The molecule has 0 aliphatic heterocycles. The van der Waals surface area contributed by atoms with E-state index in [4.69, 9.17) is 19.4 Å². The second-order valence-electron chi connectivity index (χ2n) is 13.2. The maximum Gasteiger partial charge on any atom is 0.164 e. The first-order valence-corrected chi connectivity index (χ1v) is 17.2. The first-order chi connectivity index (χ1) is 25.2. The quantitative estimate of drug-likeness (QED) is 0.179. The molecule has 4 nitrogen and oxygen atoms in total. The lowest BCUT2D eigenvalue weighted by molar-refractivity contribution is 0.673. The molecule has 0 aliphatic carbocycles. The Morgan fingerprint density at radius 2 is 0.863 bits per heavy atom. The van der Waals surface area contributed by atoms with E-state index in [1.807, 2.05) is 0 Å². The van der Waals surface area contributed by atoms with Crippen LogP contribution in [-0.2, 0) is 0 Å². The molecule has 0 amide bonds. The van der Waals surface area contributed by atoms with Gasteiger partial charge in [-0.1, -0.05) is 127 Å². The molecule has 2 heterocycles. The molecular formula is C47H27N3O. The zero-order valence-corrected chi connectivity index (χ0v) is 27.3. The maximum atomic E-state index is 6.65. The molecule has 0 radical (unpaired) electrons. The number of hydrogen-bond donors (Lipinski definition) is 0. The predicted molar refractivity (Wildman–Crippen MR) is 211 cm³/mol. The fraction of sp³-hybridized carbons (Fsp3) is 0. The summed E-state index contributed by atoms with van der Waals surface area (Å²) in [5.74, 6) is 1.90. The second-order valence-corrected chi connectivity index (χ2v) is 13.2. The number of benzene rings is 9. The van der Waals surface area contributed by atoms with Gasteiger partial charge in [0, 0.05) is 38.2 Å². The van der Waals surface area contributed by atoms with Crippen molar-refractivity contribution in [2.24, 2.45) is 0 Å². The van der Waals surface area contributed by atoms with Crippen molar-refractivity contribution in [2.75, 3.05) is 0 Å². The Hall–Kier alpha value is -6.91. The third kappa shape index (κ3) is 4.37. The summed E-state index contributed by atoms with van der Waals surface area (Å²) < 4.78 is 6.65. The van der Waals surface area contributed by atoms with Crippen molar-refractivity contribution in [3.63, 3.8) is 0 Å². The molecule has 0 saturated carbocycles. The van der Waals surface area contributed by atoms with Gasteiger partial charge in [-0.25, -0.2) is 15.0 Å². The summed E-state index contributed by atoms with van der Waals surface area (Å²) >= 11 is 0. The molecule has 4 heteroatoms. The summed E-state index contributed by atoms with van der Waals surface area (Å²) in [4.78, 5) is 15.6. The molecule has 2 aromatic heterocycles. The van der Waals surface area contributed by atoms with Gasteiger partial charge in [0.15, 0.2) is 17.5 Å². The SMILES string of the molecule is c1ccc2cc(-c3nc(-c4ccc5ccccc5c4)nc(-c4cc5ccccc5c5c4ccc4oc6c7ccccc7ccc6c45)n3)ccc2c1. The molecule has 0 fully saturated rings. The van der Waals surface area contributed by atoms with Gasteiger partial charge in [0.25, 0.3) is 0 Å². The van der Waals surface area contributed by atoms with Gasteiger partial charge in [-0.15, -0.1) is 0 Å². The summed E-state index contributed by atoms with van der Waals surface area (Å²) in [6.07, 6.45) is 0. The summed E-state index contributed by atoms with van der Waals surface area (Å²) in [6.45, 7) is 0. The van der Waals surface area contributed by atoms with Gasteiger partial charge in [0.05, 0.1) is 0 Å². The molecule has 9 aromatic carbocycles. The van der Waals surface area contributed by atoms with Crippen LogP contribution < -0.4 is 0 Å². The molecule has 0 bridgehead atoms. The van der Waals surface area contributed by atoms with Gasteiger partial charge in [-0.3, -0.25) is 0 Å². The van der Waals surface area contributed by atoms with Crippen LogP contribution in [0.1, 0.15) is 0 Å². The van der Waals surface area contributed by atoms with Crippen molar-refractivity contribution < 1.29 is 4.42 Å². The fourth-order valence-electron chi connectivity index (χ4n) is 7.78. The maximum absolute atomic E-state index is 6.65. The van der Waals surface area contributed by atoms with Gasteiger partial charge in [0.2, 0.25) is 0 Å². The second kappa shape index (κ2) is 10.8. The summed E-state index contributed by atoms with van der Waals surface area (Å²) in [5, 5.41) is 13.6. The summed E-state index contributed by atoms with van der Waals surface area (Å²) in [7, 11) is 0. The van der Waals surface area contributed by atoms with E-state index in [1.165, 1.54) is 10.8 Å². The highest BCUT2D eigenvalue weighted by molar-refractivity contribution is 6.30. The molecule has 51 heavy (non-hydrogen) atoms. The molecule has 0 N–H and O–H groups in total. The number of hydrogen-bond acceptors (Lipinski definition) is 4. The largest absolute Gasteiger partial charge is 0.455 e. The number of nitrogens with zero attached hydrogens (tertiary/aromatic N) is 3. The summed E-state index contributed by atoms with van der Waals surface area (Å²) in [5.41, 5.74) is 4.61. The molecule has 11 rings (SSSR count). The highest BCUT2D eigenvalue weighted by atomic mass is 16.3. The van der Waals surface area contributed by atoms with Gasteiger partial charge in [-0.05, 0) is 79.5 Å². The van der Waals surface area contributed by atoms with Crippen LogP contribution in [0.5, 0.6) is 0 Å². The van der Waals surface area contributed by atoms with Crippen LogP contribution in [0.2, 0.25) is 0 Å². The van der Waals surface area contributed by atoms with E-state index in [1.54, 1.807) is 0 Å². The van der Waals surface area contributed by atoms with E-state index in [9.17, 15) is 0 Å². The molecule has 0 atom stereocenters. The zero-order chi connectivity index (χ0) is 33.5. The van der Waals surface area contributed by atoms with Crippen LogP contribution in [0.3, 0.4) is 0 Å². The monoisotopic (exact) mass is 649 g/mol. The normalized spacial score (nSPS) is 11.9. The minimum Gasteiger partial charge on any atom is -0.455 e. The van der Waals surface area contributed by atoms with E-state index in [-0.39, 0.29) is 0 Å². The number of furan rings is 1. The van der Waals surface area contributed by atoms with Crippen molar-refractivity contribution in [3.8, 4) is 34.2 Å². The number of aromatic nitrogens is 3. The fourth-order valence-corrected chi connectivity index (χ4v) is 7.78. The van der Waals surface area contributed by atoms with E-state index in [0.717, 1.165) is 81.7 Å². The molecule has 0 aliphatic rings. The van der Waals surface area contributed by atoms with Crippen LogP contribution in [0.25, 0.3) is 110 Å². The molecule has 0 spiro atoms. The van der Waals surface area contributed by atoms with Crippen LogP contribution in [0.15, 0.2) is 168 Å². The lowest BCUT2D eigenvalue weighted by atomic mass is 9.93. The van der Waals surface area contributed by atoms with Crippen molar-refractivity contribution >= 4 is 75.8 Å². The highest BCUT2D eigenvalue weighted by Gasteiger charge is 2.20. The summed E-state index contributed by atoms with van der Waals surface area (Å²) in [6, 6.07) is 57.5. The van der Waals surface area contributed by atoms with Crippen LogP contribution in [0.4, 0.5) is 0 Å². The molecule has 236 valence electrons. The Balaban J connectivity index is 1.23. The van der Waals surface area contributed by atoms with Crippen molar-refractivity contribution in [1.82, 2.24) is 15.0 Å². The van der Waals surface area contributed by atoms with Crippen LogP contribution >= 0.6 is 0 Å². The first-order valence-electron chi connectivity index (χ1n) is 17.2. The average molecular weight is 650 g/mol. The Labute approximate surface area is 292 Å². The third-order valence-corrected chi connectivity index (χ3v) is 10.2. The Kier molecular flexibility index (Phi) is 5.92. The smallest absolute Gasteiger partial charge is 0.164 e. The van der Waals surface area contributed by atoms with E-state index < -0.39 is 0 Å². The van der Waals surface area contributed by atoms with Crippen molar-refractivity contribution in [3.05, 3.63) is 164 Å². The van der Waals surface area contributed by atoms with Gasteiger partial charge in [-0.2, -0.15) is 0 Å². The molecule has 11 aromatic rings. The Morgan fingerprint density at radius 3 is 1.55 bits per heavy atom. The lowest BCUT2D eigenvalue weighted by Crippen LogP contribution is -2.01. The Bertz CT molecular complexity index is 3120. The van der Waals surface area contributed by atoms with Crippen LogP contribution in [0, 0.1) is 0 Å². The lowest BCUT2D eigenvalue weighted by Gasteiger charge is -2.13. The number of fused-ring (bicyclic) bond motifs is 11. The van der Waals surface area contributed by atoms with Crippen molar-refractivity contribution in [2.45, 2.75) is 0 Å². The van der Waals surface area contributed by atoms with E-state index in [0.29, 0.717) is 17.5 Å². The minimum atomic E-state index is 0.629. The third-order valence-electron chi connectivity index (χ3n) is 10.2. The van der Waals surface area contributed by atoms with E-state index in [2.05, 4.69) is 164 Å². The first kappa shape index (κ1) is 28.0. The molecule has 0 unspecified atom stereocenters. The molecule has 0 saturated heterocycles. The highest BCUT2D eigenvalue weighted by Crippen LogP contribution is 2.43. The Morgan fingerprint density at radius 1 is 0.333 bits per heavy atom. The number of rotatable bonds is 3. The van der Waals surface area contributed by atoms with Gasteiger partial charge in [0.1, 0.15) is 11.2 Å². The van der Waals surface area contributed by atoms with Crippen molar-refractivity contribution in [1.29, 1.82) is 0 Å². The zero-order valence-electron chi connectivity index (χ0n) is 27.3. The molecular weight excluding hydrogens is 623 g/mol. The minimum absolute atomic E-state index is 0.629. The standard InChI is InChI=1S/C47H27N3O/c1-3-12-31-25-34(19-17-28(31)9-1)45-48-46(35-20-18-29-10-2-4-13-32(29)26-35)50-47(49-45)40-27-33-14-6-7-15-36(33)42-38(40)23-24-41-43(42)39-22-21-30-11-5-8-16-37(30)44(39)51-41/h1-27H. The van der Waals surface area contributed by atoms with Crippen LogP contribution in [-0.4, -0.2) is 15.0 Å². The average Bonchev–Trinajstić information content (AvgIpc) is 3.59. The topological polar surface area (TPSA) is 51.8 Å². The van der Waals surface area contributed by atoms with E-state index >= 15 is 0 Å². The van der Waals surface area contributed by atoms with Gasteiger partial charge >= 0.3 is 0 Å². The van der Waals surface area contributed by atoms with Gasteiger partial charge < -0.3 is 4.42 Å². The predicted octanol–water partition coefficient (Wildman–Crippen LogP) is 12.5.